The number of amidine groups is 1. The Morgan fingerprint density at radius 2 is 1.67 bits per heavy atom. The van der Waals surface area contributed by atoms with Gasteiger partial charge in [-0.25, -0.2) is 0 Å². The molecule has 12 heavy (non-hydrogen) atoms. The maximum atomic E-state index is 11.1. The summed E-state index contributed by atoms with van der Waals surface area (Å²) < 4.78 is 0. The van der Waals surface area contributed by atoms with Crippen LogP contribution in [0.1, 0.15) is 32.1 Å². The lowest BCUT2D eigenvalue weighted by atomic mass is 9.72. The summed E-state index contributed by atoms with van der Waals surface area (Å²) in [5.41, 5.74) is 9.81. The van der Waals surface area contributed by atoms with Crippen LogP contribution >= 0.6 is 0 Å². The fourth-order valence-electron chi connectivity index (χ4n) is 1.80. The molecule has 1 aliphatic rings. The van der Waals surface area contributed by atoms with Gasteiger partial charge in [0.15, 0.2) is 0 Å². The second-order valence-electron chi connectivity index (χ2n) is 3.42. The largest absolute Gasteiger partial charge is 0.387 e. The molecule has 0 heterocycles. The van der Waals surface area contributed by atoms with Crippen LogP contribution in [0.3, 0.4) is 0 Å². The Hall–Kier alpha value is -1.06. The van der Waals surface area contributed by atoms with Crippen molar-refractivity contribution in [3.63, 3.8) is 0 Å². The van der Waals surface area contributed by atoms with E-state index in [0.29, 0.717) is 12.8 Å². The number of carbonyl (C=O) groups is 1. The molecule has 0 saturated heterocycles. The summed E-state index contributed by atoms with van der Waals surface area (Å²) in [6, 6.07) is 0. The van der Waals surface area contributed by atoms with Gasteiger partial charge in [0.05, 0.1) is 0 Å². The van der Waals surface area contributed by atoms with E-state index < -0.39 is 11.3 Å². The minimum atomic E-state index is -0.821. The van der Waals surface area contributed by atoms with Crippen molar-refractivity contribution in [1.82, 2.24) is 0 Å². The van der Waals surface area contributed by atoms with E-state index in [9.17, 15) is 4.79 Å². The van der Waals surface area contributed by atoms with Gasteiger partial charge in [-0.1, -0.05) is 19.3 Å². The molecular formula is C8H15N3O. The molecule has 0 atom stereocenters. The van der Waals surface area contributed by atoms with E-state index in [2.05, 4.69) is 0 Å². The van der Waals surface area contributed by atoms with Crippen LogP contribution in [-0.2, 0) is 4.79 Å². The van der Waals surface area contributed by atoms with E-state index in [4.69, 9.17) is 16.9 Å². The van der Waals surface area contributed by atoms with Gasteiger partial charge in [-0.3, -0.25) is 10.2 Å². The molecule has 0 bridgehead atoms. The van der Waals surface area contributed by atoms with Crippen LogP contribution in [0.4, 0.5) is 0 Å². The van der Waals surface area contributed by atoms with Crippen LogP contribution < -0.4 is 11.5 Å². The average Bonchev–Trinajstić information content (AvgIpc) is 2.05. The van der Waals surface area contributed by atoms with E-state index in [0.717, 1.165) is 19.3 Å². The third kappa shape index (κ3) is 1.29. The van der Waals surface area contributed by atoms with Gasteiger partial charge in [-0.05, 0) is 12.8 Å². The van der Waals surface area contributed by atoms with Gasteiger partial charge >= 0.3 is 0 Å². The molecule has 4 nitrogen and oxygen atoms in total. The van der Waals surface area contributed by atoms with Crippen LogP contribution in [-0.4, -0.2) is 11.7 Å². The predicted molar refractivity (Wildman–Crippen MR) is 46.6 cm³/mol. The Labute approximate surface area is 71.8 Å². The van der Waals surface area contributed by atoms with Gasteiger partial charge in [-0.15, -0.1) is 0 Å². The molecule has 4 heteroatoms. The zero-order chi connectivity index (χ0) is 9.19. The smallest absolute Gasteiger partial charge is 0.231 e. The van der Waals surface area contributed by atoms with Crippen molar-refractivity contribution >= 4 is 11.7 Å². The molecule has 1 amide bonds. The van der Waals surface area contributed by atoms with Crippen LogP contribution in [0.5, 0.6) is 0 Å². The fourth-order valence-corrected chi connectivity index (χ4v) is 1.80. The van der Waals surface area contributed by atoms with Crippen molar-refractivity contribution in [2.45, 2.75) is 32.1 Å². The summed E-state index contributed by atoms with van der Waals surface area (Å²) in [7, 11) is 0. The molecule has 1 aliphatic carbocycles. The molecule has 1 fully saturated rings. The quantitative estimate of drug-likeness (QED) is 0.411. The van der Waals surface area contributed by atoms with Crippen molar-refractivity contribution in [1.29, 1.82) is 5.41 Å². The normalized spacial score (nSPS) is 21.7. The molecule has 0 unspecified atom stereocenters. The molecule has 0 aromatic rings. The SMILES string of the molecule is N=C(N)C1(C(N)=O)CCCCC1. The highest BCUT2D eigenvalue weighted by molar-refractivity contribution is 6.05. The molecule has 0 aliphatic heterocycles. The Bertz CT molecular complexity index is 190. The van der Waals surface area contributed by atoms with Gasteiger partial charge in [0.2, 0.25) is 5.91 Å². The first-order chi connectivity index (χ1) is 5.59. The van der Waals surface area contributed by atoms with Crippen LogP contribution in [0.2, 0.25) is 0 Å². The number of nitrogens with two attached hydrogens (primary N) is 2. The third-order valence-electron chi connectivity index (χ3n) is 2.69. The molecule has 0 spiro atoms. The van der Waals surface area contributed by atoms with Gasteiger partial charge in [-0.2, -0.15) is 0 Å². The van der Waals surface area contributed by atoms with Crippen LogP contribution in [0.15, 0.2) is 0 Å². The van der Waals surface area contributed by atoms with Crippen molar-refractivity contribution in [3.05, 3.63) is 0 Å². The van der Waals surface area contributed by atoms with E-state index in [1.807, 2.05) is 0 Å². The summed E-state index contributed by atoms with van der Waals surface area (Å²) in [4.78, 5) is 11.1. The van der Waals surface area contributed by atoms with Crippen molar-refractivity contribution in [2.75, 3.05) is 0 Å². The Morgan fingerprint density at radius 3 is 1.92 bits per heavy atom. The number of amides is 1. The van der Waals surface area contributed by atoms with Crippen LogP contribution in [0.25, 0.3) is 0 Å². The van der Waals surface area contributed by atoms with E-state index in [1.165, 1.54) is 0 Å². The van der Waals surface area contributed by atoms with E-state index in [1.54, 1.807) is 0 Å². The number of primary amides is 1. The minimum Gasteiger partial charge on any atom is -0.387 e. The van der Waals surface area contributed by atoms with Crippen molar-refractivity contribution in [2.24, 2.45) is 16.9 Å². The summed E-state index contributed by atoms with van der Waals surface area (Å²) in [5.74, 6) is -0.496. The lowest BCUT2D eigenvalue weighted by Crippen LogP contribution is -2.48. The molecule has 1 saturated carbocycles. The highest BCUT2D eigenvalue weighted by Gasteiger charge is 2.40. The number of rotatable bonds is 2. The summed E-state index contributed by atoms with van der Waals surface area (Å²) in [5, 5.41) is 7.34. The monoisotopic (exact) mass is 169 g/mol. The molecule has 0 radical (unpaired) electrons. The number of hydrogen-bond acceptors (Lipinski definition) is 2. The summed E-state index contributed by atoms with van der Waals surface area (Å²) >= 11 is 0. The Balaban J connectivity index is 2.84. The first-order valence-corrected chi connectivity index (χ1v) is 4.24. The van der Waals surface area contributed by atoms with E-state index in [-0.39, 0.29) is 5.84 Å². The van der Waals surface area contributed by atoms with Gasteiger partial charge < -0.3 is 11.5 Å². The maximum absolute atomic E-state index is 11.1. The lowest BCUT2D eigenvalue weighted by molar-refractivity contribution is -0.125. The minimum absolute atomic E-state index is 0.0605. The lowest BCUT2D eigenvalue weighted by Gasteiger charge is -2.32. The number of carbonyl (C=O) groups excluding carboxylic acids is 1. The third-order valence-corrected chi connectivity index (χ3v) is 2.69. The van der Waals surface area contributed by atoms with Crippen molar-refractivity contribution in [3.8, 4) is 0 Å². The zero-order valence-electron chi connectivity index (χ0n) is 7.10. The Kier molecular flexibility index (Phi) is 2.35. The molecular weight excluding hydrogens is 154 g/mol. The second-order valence-corrected chi connectivity index (χ2v) is 3.42. The highest BCUT2D eigenvalue weighted by atomic mass is 16.1. The highest BCUT2D eigenvalue weighted by Crippen LogP contribution is 2.35. The zero-order valence-corrected chi connectivity index (χ0v) is 7.10. The molecule has 0 aromatic heterocycles. The first kappa shape index (κ1) is 9.03. The Morgan fingerprint density at radius 1 is 1.17 bits per heavy atom. The second kappa shape index (κ2) is 3.13. The van der Waals surface area contributed by atoms with E-state index >= 15 is 0 Å². The number of hydrogen-bond donors (Lipinski definition) is 3. The average molecular weight is 169 g/mol. The maximum Gasteiger partial charge on any atom is 0.231 e. The predicted octanol–water partition coefficient (Wildman–Crippen LogP) is 0.358. The van der Waals surface area contributed by atoms with Crippen LogP contribution in [0, 0.1) is 10.8 Å². The molecule has 68 valence electrons. The molecule has 1 rings (SSSR count). The number of nitrogens with one attached hydrogen (secondary N) is 1. The van der Waals surface area contributed by atoms with Crippen molar-refractivity contribution < 1.29 is 4.79 Å². The van der Waals surface area contributed by atoms with Gasteiger partial charge in [0, 0.05) is 0 Å². The molecule has 0 aromatic carbocycles. The standard InChI is InChI=1S/C8H15N3O/c9-6(10)8(7(11)12)4-2-1-3-5-8/h1-5H2,(H3,9,10)(H2,11,12). The summed E-state index contributed by atoms with van der Waals surface area (Å²) in [6.45, 7) is 0. The fraction of sp³-hybridized carbons (Fsp3) is 0.750. The van der Waals surface area contributed by atoms with Gasteiger partial charge in [0.1, 0.15) is 11.3 Å². The van der Waals surface area contributed by atoms with Gasteiger partial charge in [0.25, 0.3) is 0 Å². The first-order valence-electron chi connectivity index (χ1n) is 4.24. The topological polar surface area (TPSA) is 93.0 Å². The summed E-state index contributed by atoms with van der Waals surface area (Å²) in [6.07, 6.45) is 4.31. The molecule has 5 N–H and O–H groups in total.